The summed E-state index contributed by atoms with van der Waals surface area (Å²) in [6.07, 6.45) is 1.80. The van der Waals surface area contributed by atoms with Crippen molar-refractivity contribution >= 4 is 57.6 Å². The van der Waals surface area contributed by atoms with Crippen LogP contribution in [0.5, 0.6) is 0 Å². The third-order valence-corrected chi connectivity index (χ3v) is 4.75. The Balaban J connectivity index is 2.00. The Morgan fingerprint density at radius 3 is 2.90 bits per heavy atom. The van der Waals surface area contributed by atoms with E-state index in [4.69, 9.17) is 17.0 Å². The molecule has 112 valence electrons. The zero-order chi connectivity index (χ0) is 15.4. The van der Waals surface area contributed by atoms with Gasteiger partial charge in [-0.2, -0.15) is 0 Å². The number of ether oxygens (including phenoxy) is 1. The van der Waals surface area contributed by atoms with E-state index in [0.717, 1.165) is 4.88 Å². The first kappa shape index (κ1) is 16.2. The molecule has 0 atom stereocenters. The van der Waals surface area contributed by atoms with Crippen molar-refractivity contribution in [1.29, 1.82) is 0 Å². The zero-order valence-electron chi connectivity index (χ0n) is 11.7. The highest BCUT2D eigenvalue weighted by Crippen LogP contribution is 2.33. The van der Waals surface area contributed by atoms with Crippen LogP contribution < -0.4 is 0 Å². The quantitative estimate of drug-likeness (QED) is 0.468. The van der Waals surface area contributed by atoms with E-state index in [-0.39, 0.29) is 18.4 Å². The van der Waals surface area contributed by atoms with Gasteiger partial charge in [-0.3, -0.25) is 14.5 Å². The number of hydrogen-bond acceptors (Lipinski definition) is 6. The average molecular weight is 341 g/mol. The van der Waals surface area contributed by atoms with Crippen LogP contribution in [0.4, 0.5) is 0 Å². The van der Waals surface area contributed by atoms with Crippen LogP contribution in [-0.4, -0.2) is 34.2 Å². The van der Waals surface area contributed by atoms with Crippen LogP contribution in [0.1, 0.15) is 18.7 Å². The molecule has 0 spiro atoms. The van der Waals surface area contributed by atoms with Gasteiger partial charge in [0.2, 0.25) is 0 Å². The predicted molar refractivity (Wildman–Crippen MR) is 90.0 cm³/mol. The molecule has 1 aromatic rings. The Morgan fingerprint density at radius 2 is 2.29 bits per heavy atom. The highest BCUT2D eigenvalue weighted by atomic mass is 32.2. The van der Waals surface area contributed by atoms with Crippen molar-refractivity contribution < 1.29 is 14.3 Å². The average Bonchev–Trinajstić information content (AvgIpc) is 3.01. The van der Waals surface area contributed by atoms with Gasteiger partial charge in [0.1, 0.15) is 10.9 Å². The molecule has 7 heteroatoms. The highest BCUT2D eigenvalue weighted by Gasteiger charge is 2.33. The first-order valence-electron chi connectivity index (χ1n) is 6.42. The molecule has 0 radical (unpaired) electrons. The SMILES string of the molecule is CC(C)COC(=O)CN1C(=O)/C(=C/c2cccs2)SC1=S. The number of nitrogens with zero attached hydrogens (tertiary/aromatic N) is 1. The van der Waals surface area contributed by atoms with Gasteiger partial charge in [-0.15, -0.1) is 11.3 Å². The van der Waals surface area contributed by atoms with Crippen molar-refractivity contribution in [3.05, 3.63) is 27.3 Å². The number of hydrogen-bond donors (Lipinski definition) is 0. The molecule has 1 aliphatic rings. The van der Waals surface area contributed by atoms with Gasteiger partial charge in [-0.05, 0) is 23.4 Å². The molecule has 2 heterocycles. The number of amides is 1. The maximum Gasteiger partial charge on any atom is 0.326 e. The maximum atomic E-state index is 12.3. The van der Waals surface area contributed by atoms with Crippen molar-refractivity contribution in [2.75, 3.05) is 13.2 Å². The molecule has 0 unspecified atom stereocenters. The summed E-state index contributed by atoms with van der Waals surface area (Å²) in [7, 11) is 0. The predicted octanol–water partition coefficient (Wildman–Crippen LogP) is 3.15. The molecule has 1 amide bonds. The Bertz CT molecular complexity index is 578. The van der Waals surface area contributed by atoms with Crippen LogP contribution in [0.3, 0.4) is 0 Å². The molecule has 1 aliphatic heterocycles. The molecule has 0 saturated carbocycles. The second-order valence-corrected chi connectivity index (χ2v) is 7.52. The first-order chi connectivity index (χ1) is 9.97. The number of rotatable bonds is 5. The zero-order valence-corrected chi connectivity index (χ0v) is 14.1. The second-order valence-electron chi connectivity index (χ2n) is 4.86. The van der Waals surface area contributed by atoms with E-state index in [2.05, 4.69) is 0 Å². The van der Waals surface area contributed by atoms with Gasteiger partial charge >= 0.3 is 5.97 Å². The first-order valence-corrected chi connectivity index (χ1v) is 8.52. The van der Waals surface area contributed by atoms with E-state index < -0.39 is 5.97 Å². The summed E-state index contributed by atoms with van der Waals surface area (Å²) < 4.78 is 5.48. The molecule has 1 saturated heterocycles. The van der Waals surface area contributed by atoms with Crippen LogP contribution in [-0.2, 0) is 14.3 Å². The molecule has 0 aromatic carbocycles. The van der Waals surface area contributed by atoms with Gasteiger partial charge in [0, 0.05) is 4.88 Å². The minimum absolute atomic E-state index is 0.126. The van der Waals surface area contributed by atoms with Crippen LogP contribution in [0.2, 0.25) is 0 Å². The molecular formula is C14H15NO3S3. The lowest BCUT2D eigenvalue weighted by Gasteiger charge is -2.14. The lowest BCUT2D eigenvalue weighted by atomic mass is 10.2. The molecule has 2 rings (SSSR count). The normalized spacial score (nSPS) is 17.1. The van der Waals surface area contributed by atoms with Crippen molar-refractivity contribution in [1.82, 2.24) is 4.90 Å². The molecule has 0 N–H and O–H groups in total. The van der Waals surface area contributed by atoms with Crippen LogP contribution in [0.15, 0.2) is 22.4 Å². The maximum absolute atomic E-state index is 12.3. The van der Waals surface area contributed by atoms with E-state index in [1.165, 1.54) is 16.7 Å². The highest BCUT2D eigenvalue weighted by molar-refractivity contribution is 8.26. The summed E-state index contributed by atoms with van der Waals surface area (Å²) >= 11 is 7.93. The summed E-state index contributed by atoms with van der Waals surface area (Å²) in [6, 6.07) is 3.84. The van der Waals surface area contributed by atoms with Gasteiger partial charge in [0.05, 0.1) is 11.5 Å². The van der Waals surface area contributed by atoms with Gasteiger partial charge < -0.3 is 4.74 Å². The van der Waals surface area contributed by atoms with E-state index in [1.807, 2.05) is 31.4 Å². The Morgan fingerprint density at radius 1 is 1.52 bits per heavy atom. The van der Waals surface area contributed by atoms with E-state index in [9.17, 15) is 9.59 Å². The summed E-state index contributed by atoms with van der Waals surface area (Å²) in [5, 5.41) is 1.94. The number of esters is 1. The lowest BCUT2D eigenvalue weighted by Crippen LogP contribution is -2.34. The minimum Gasteiger partial charge on any atom is -0.464 e. The molecule has 1 aromatic heterocycles. The Labute approximate surface area is 137 Å². The lowest BCUT2D eigenvalue weighted by molar-refractivity contribution is -0.147. The van der Waals surface area contributed by atoms with Gasteiger partial charge in [-0.25, -0.2) is 0 Å². The third-order valence-electron chi connectivity index (χ3n) is 2.55. The largest absolute Gasteiger partial charge is 0.464 e. The Hall–Kier alpha value is -1.18. The third kappa shape index (κ3) is 4.39. The van der Waals surface area contributed by atoms with Crippen molar-refractivity contribution in [2.45, 2.75) is 13.8 Å². The number of thiocarbonyl (C=S) groups is 1. The molecule has 4 nitrogen and oxygen atoms in total. The molecule has 0 bridgehead atoms. The van der Waals surface area contributed by atoms with Crippen LogP contribution in [0.25, 0.3) is 6.08 Å². The number of thioether (sulfide) groups is 1. The second kappa shape index (κ2) is 7.20. The van der Waals surface area contributed by atoms with Gasteiger partial charge in [-0.1, -0.05) is 43.9 Å². The fourth-order valence-electron chi connectivity index (χ4n) is 1.57. The smallest absolute Gasteiger partial charge is 0.326 e. The fraction of sp³-hybridized carbons (Fsp3) is 0.357. The summed E-state index contributed by atoms with van der Waals surface area (Å²) in [6.45, 7) is 4.13. The minimum atomic E-state index is -0.433. The summed E-state index contributed by atoms with van der Waals surface area (Å²) in [5.41, 5.74) is 0. The molecule has 1 fully saturated rings. The monoisotopic (exact) mass is 341 g/mol. The van der Waals surface area contributed by atoms with E-state index in [0.29, 0.717) is 15.8 Å². The van der Waals surface area contributed by atoms with Crippen LogP contribution in [0, 0.1) is 5.92 Å². The van der Waals surface area contributed by atoms with Crippen molar-refractivity contribution in [3.63, 3.8) is 0 Å². The fourth-order valence-corrected chi connectivity index (χ4v) is 3.55. The standard InChI is InChI=1S/C14H15NO3S3/c1-9(2)8-18-12(16)7-15-13(17)11(21-14(15)19)6-10-4-3-5-20-10/h3-6,9H,7-8H2,1-2H3/b11-6-. The van der Waals surface area contributed by atoms with Crippen LogP contribution >= 0.6 is 35.3 Å². The molecule has 0 aliphatic carbocycles. The van der Waals surface area contributed by atoms with Gasteiger partial charge in [0.15, 0.2) is 0 Å². The number of carbonyl (C=O) groups excluding carboxylic acids is 2. The van der Waals surface area contributed by atoms with Crippen molar-refractivity contribution in [3.8, 4) is 0 Å². The summed E-state index contributed by atoms with van der Waals surface area (Å²) in [5.74, 6) is -0.406. The van der Waals surface area contributed by atoms with E-state index in [1.54, 1.807) is 17.4 Å². The van der Waals surface area contributed by atoms with E-state index >= 15 is 0 Å². The number of thiophene rings is 1. The van der Waals surface area contributed by atoms with Gasteiger partial charge in [0.25, 0.3) is 5.91 Å². The summed E-state index contributed by atoms with van der Waals surface area (Å²) in [4.78, 5) is 26.8. The number of carbonyl (C=O) groups is 2. The molecular weight excluding hydrogens is 326 g/mol. The molecule has 21 heavy (non-hydrogen) atoms. The van der Waals surface area contributed by atoms with Crippen molar-refractivity contribution in [2.24, 2.45) is 5.92 Å². The Kier molecular flexibility index (Phi) is 5.55. The topological polar surface area (TPSA) is 46.6 Å².